The van der Waals surface area contributed by atoms with Crippen LogP contribution in [0.1, 0.15) is 22.3 Å². The summed E-state index contributed by atoms with van der Waals surface area (Å²) in [5.74, 6) is 0. The van der Waals surface area contributed by atoms with Crippen LogP contribution >= 0.6 is 0 Å². The summed E-state index contributed by atoms with van der Waals surface area (Å²) in [7, 11) is 0. The molecule has 0 saturated heterocycles. The summed E-state index contributed by atoms with van der Waals surface area (Å²) in [6.45, 7) is 8.96. The van der Waals surface area contributed by atoms with E-state index >= 15 is 0 Å². The average molecular weight is 310 g/mol. The van der Waals surface area contributed by atoms with Gasteiger partial charge < -0.3 is 0 Å². The lowest BCUT2D eigenvalue weighted by Gasteiger charge is -2.19. The number of fused-ring (bicyclic) bond motifs is 2. The third-order valence-corrected chi connectivity index (χ3v) is 5.39. The quantitative estimate of drug-likeness (QED) is 0.359. The van der Waals surface area contributed by atoms with Gasteiger partial charge in [-0.1, -0.05) is 60.7 Å². The molecule has 0 nitrogen and oxygen atoms in total. The smallest absolute Gasteiger partial charge is 0.00645 e. The van der Waals surface area contributed by atoms with Crippen molar-refractivity contribution >= 4 is 21.5 Å². The molecule has 0 aliphatic heterocycles. The van der Waals surface area contributed by atoms with E-state index in [4.69, 9.17) is 0 Å². The van der Waals surface area contributed by atoms with Gasteiger partial charge >= 0.3 is 0 Å². The molecule has 4 rings (SSSR count). The van der Waals surface area contributed by atoms with Crippen molar-refractivity contribution in [1.29, 1.82) is 0 Å². The van der Waals surface area contributed by atoms with Crippen LogP contribution in [-0.4, -0.2) is 0 Å². The maximum Gasteiger partial charge on any atom is -0.00645 e. The number of aryl methyl sites for hydroxylation is 2. The molecular weight excluding hydrogens is 288 g/mol. The molecule has 0 fully saturated rings. The minimum atomic E-state index is 1.32. The van der Waals surface area contributed by atoms with E-state index in [1.54, 1.807) is 0 Å². The Labute approximate surface area is 143 Å². The highest BCUT2D eigenvalue weighted by Crippen LogP contribution is 2.40. The van der Waals surface area contributed by atoms with E-state index in [-0.39, 0.29) is 0 Å². The highest BCUT2D eigenvalue weighted by molar-refractivity contribution is 6.08. The van der Waals surface area contributed by atoms with Crippen molar-refractivity contribution < 1.29 is 0 Å². The van der Waals surface area contributed by atoms with E-state index in [9.17, 15) is 0 Å². The van der Waals surface area contributed by atoms with E-state index in [2.05, 4.69) is 88.4 Å². The first-order chi connectivity index (χ1) is 11.6. The second kappa shape index (κ2) is 5.49. The van der Waals surface area contributed by atoms with Crippen LogP contribution in [0.2, 0.25) is 0 Å². The Bertz CT molecular complexity index is 995. The van der Waals surface area contributed by atoms with Crippen molar-refractivity contribution in [2.75, 3.05) is 0 Å². The van der Waals surface area contributed by atoms with Gasteiger partial charge in [0.1, 0.15) is 0 Å². The van der Waals surface area contributed by atoms with Crippen LogP contribution in [0, 0.1) is 27.7 Å². The Balaban J connectivity index is 2.26. The predicted octanol–water partition coefficient (Wildman–Crippen LogP) is 6.89. The molecule has 0 radical (unpaired) electrons. The highest BCUT2D eigenvalue weighted by Gasteiger charge is 2.16. The first kappa shape index (κ1) is 15.0. The molecule has 0 aliphatic rings. The van der Waals surface area contributed by atoms with Gasteiger partial charge in [0.05, 0.1) is 0 Å². The van der Waals surface area contributed by atoms with E-state index in [0.29, 0.717) is 0 Å². The summed E-state index contributed by atoms with van der Waals surface area (Å²) in [5.41, 5.74) is 8.26. The fourth-order valence-corrected chi connectivity index (χ4v) is 3.83. The second-order valence-electron chi connectivity index (χ2n) is 6.83. The topological polar surface area (TPSA) is 0 Å². The first-order valence-electron chi connectivity index (χ1n) is 8.56. The maximum atomic E-state index is 2.31. The molecule has 0 aliphatic carbocycles. The van der Waals surface area contributed by atoms with Crippen molar-refractivity contribution in [3.05, 3.63) is 82.9 Å². The van der Waals surface area contributed by atoms with E-state index < -0.39 is 0 Å². The van der Waals surface area contributed by atoms with Gasteiger partial charge in [-0.3, -0.25) is 0 Å². The first-order valence-corrected chi connectivity index (χ1v) is 8.56. The fourth-order valence-electron chi connectivity index (χ4n) is 3.83. The lowest BCUT2D eigenvalue weighted by molar-refractivity contribution is 1.33. The molecule has 24 heavy (non-hydrogen) atoms. The SMILES string of the molecule is Cc1cc2ccccc2c(-c2c(C)c(C)cc3ccccc23)c1C. The molecule has 0 heteroatoms. The predicted molar refractivity (Wildman–Crippen MR) is 106 cm³/mol. The number of hydrogen-bond acceptors (Lipinski definition) is 0. The molecule has 0 saturated carbocycles. The van der Waals surface area contributed by atoms with Crippen LogP contribution in [0.25, 0.3) is 32.7 Å². The number of hydrogen-bond donors (Lipinski definition) is 0. The second-order valence-corrected chi connectivity index (χ2v) is 6.83. The van der Waals surface area contributed by atoms with Gasteiger partial charge in [0, 0.05) is 0 Å². The van der Waals surface area contributed by atoms with Crippen LogP contribution in [0.4, 0.5) is 0 Å². The molecular formula is C24H22. The molecule has 0 N–H and O–H groups in total. The van der Waals surface area contributed by atoms with Gasteiger partial charge in [0.15, 0.2) is 0 Å². The Hall–Kier alpha value is -2.60. The fraction of sp³-hybridized carbons (Fsp3) is 0.167. The van der Waals surface area contributed by atoms with Gasteiger partial charge in [-0.2, -0.15) is 0 Å². The molecule has 0 spiro atoms. The summed E-state index contributed by atoms with van der Waals surface area (Å²) in [4.78, 5) is 0. The van der Waals surface area contributed by atoms with Crippen molar-refractivity contribution in [1.82, 2.24) is 0 Å². The standard InChI is InChI=1S/C24H22/c1-15-13-19-9-5-7-11-21(19)23(17(15)3)24-18(4)16(2)14-20-10-6-8-12-22(20)24/h5-14H,1-4H3. The Morgan fingerprint density at radius 2 is 0.875 bits per heavy atom. The summed E-state index contributed by atoms with van der Waals surface area (Å²) in [6.07, 6.45) is 0. The van der Waals surface area contributed by atoms with Gasteiger partial charge in [-0.15, -0.1) is 0 Å². The molecule has 0 bridgehead atoms. The normalized spacial score (nSPS) is 11.3. The zero-order valence-electron chi connectivity index (χ0n) is 14.8. The Morgan fingerprint density at radius 3 is 1.29 bits per heavy atom. The van der Waals surface area contributed by atoms with Crippen LogP contribution < -0.4 is 0 Å². The number of rotatable bonds is 1. The lowest BCUT2D eigenvalue weighted by atomic mass is 9.85. The minimum Gasteiger partial charge on any atom is -0.0616 e. The van der Waals surface area contributed by atoms with Crippen LogP contribution in [0.5, 0.6) is 0 Å². The molecule has 0 atom stereocenters. The largest absolute Gasteiger partial charge is 0.0616 e. The van der Waals surface area contributed by atoms with Crippen molar-refractivity contribution in [3.8, 4) is 11.1 Å². The van der Waals surface area contributed by atoms with Crippen molar-refractivity contribution in [3.63, 3.8) is 0 Å². The van der Waals surface area contributed by atoms with E-state index in [0.717, 1.165) is 0 Å². The van der Waals surface area contributed by atoms with Crippen molar-refractivity contribution in [2.45, 2.75) is 27.7 Å². The molecule has 118 valence electrons. The molecule has 0 aromatic heterocycles. The van der Waals surface area contributed by atoms with Crippen LogP contribution in [-0.2, 0) is 0 Å². The summed E-state index contributed by atoms with van der Waals surface area (Å²) in [5, 5.41) is 5.33. The molecule has 4 aromatic carbocycles. The molecule has 0 unspecified atom stereocenters. The molecule has 0 heterocycles. The third-order valence-electron chi connectivity index (χ3n) is 5.39. The number of benzene rings is 4. The highest BCUT2D eigenvalue weighted by atomic mass is 14.2. The zero-order chi connectivity index (χ0) is 16.8. The zero-order valence-corrected chi connectivity index (χ0v) is 14.8. The lowest BCUT2D eigenvalue weighted by Crippen LogP contribution is -1.96. The van der Waals surface area contributed by atoms with Crippen molar-refractivity contribution in [2.24, 2.45) is 0 Å². The third kappa shape index (κ3) is 2.14. The Morgan fingerprint density at radius 1 is 0.500 bits per heavy atom. The Kier molecular flexibility index (Phi) is 3.42. The average Bonchev–Trinajstić information content (AvgIpc) is 2.58. The minimum absolute atomic E-state index is 1.32. The monoisotopic (exact) mass is 310 g/mol. The van der Waals surface area contributed by atoms with Gasteiger partial charge in [0.2, 0.25) is 0 Å². The van der Waals surface area contributed by atoms with E-state index in [1.165, 1.54) is 54.9 Å². The van der Waals surface area contributed by atoms with Gasteiger partial charge in [-0.05, 0) is 82.6 Å². The summed E-state index contributed by atoms with van der Waals surface area (Å²) >= 11 is 0. The molecule has 4 aromatic rings. The van der Waals surface area contributed by atoms with Crippen LogP contribution in [0.15, 0.2) is 60.7 Å². The van der Waals surface area contributed by atoms with Gasteiger partial charge in [-0.25, -0.2) is 0 Å². The molecule has 0 amide bonds. The van der Waals surface area contributed by atoms with E-state index in [1.807, 2.05) is 0 Å². The summed E-state index contributed by atoms with van der Waals surface area (Å²) < 4.78 is 0. The van der Waals surface area contributed by atoms with Gasteiger partial charge in [0.25, 0.3) is 0 Å². The maximum absolute atomic E-state index is 2.31. The van der Waals surface area contributed by atoms with Crippen LogP contribution in [0.3, 0.4) is 0 Å². The summed E-state index contributed by atoms with van der Waals surface area (Å²) in [6, 6.07) is 22.1.